The van der Waals surface area contributed by atoms with E-state index in [9.17, 15) is 9.90 Å². The number of ketones is 1. The molecule has 3 rings (SSSR count). The average Bonchev–Trinajstić information content (AvgIpc) is 3.24. The topological polar surface area (TPSA) is 59.4 Å². The SMILES string of the molecule is CCC(CC)C(=O)/C=C(\O)C(CC)CC.[Ir].[c-]1ccccc1Oc1cc2ccsc2cn1. The second-order valence-corrected chi connectivity index (χ2v) is 8.26. The average molecular weight is 631 g/mol. The predicted molar refractivity (Wildman–Crippen MR) is 129 cm³/mol. The van der Waals surface area contributed by atoms with Gasteiger partial charge in [0.2, 0.25) is 5.88 Å². The molecule has 0 saturated carbocycles. The van der Waals surface area contributed by atoms with E-state index in [0.29, 0.717) is 11.6 Å². The van der Waals surface area contributed by atoms with Crippen molar-refractivity contribution in [2.24, 2.45) is 11.8 Å². The molecule has 1 radical (unpaired) electrons. The molecule has 32 heavy (non-hydrogen) atoms. The van der Waals surface area contributed by atoms with Gasteiger partial charge in [0.1, 0.15) is 0 Å². The first kappa shape index (κ1) is 28.0. The van der Waals surface area contributed by atoms with Gasteiger partial charge in [-0.2, -0.15) is 18.2 Å². The maximum Gasteiger partial charge on any atom is 0.217 e. The molecular formula is C26H32IrNO3S-. The number of aliphatic hydroxyl groups excluding tert-OH is 1. The molecule has 6 heteroatoms. The van der Waals surface area contributed by atoms with Crippen molar-refractivity contribution >= 4 is 27.2 Å². The molecule has 1 aromatic carbocycles. The Bertz CT molecular complexity index is 963. The van der Waals surface area contributed by atoms with Crippen LogP contribution >= 0.6 is 11.3 Å². The van der Waals surface area contributed by atoms with Crippen LogP contribution in [0.1, 0.15) is 53.4 Å². The van der Waals surface area contributed by atoms with Crippen LogP contribution in [0.5, 0.6) is 11.6 Å². The van der Waals surface area contributed by atoms with Crippen molar-refractivity contribution < 1.29 is 34.7 Å². The van der Waals surface area contributed by atoms with Crippen LogP contribution in [0.4, 0.5) is 0 Å². The third-order valence-electron chi connectivity index (χ3n) is 5.29. The van der Waals surface area contributed by atoms with Gasteiger partial charge in [-0.05, 0) is 42.5 Å². The quantitative estimate of drug-likeness (QED) is 0.149. The van der Waals surface area contributed by atoms with Crippen LogP contribution in [0.3, 0.4) is 0 Å². The van der Waals surface area contributed by atoms with Crippen molar-refractivity contribution in [1.29, 1.82) is 0 Å². The summed E-state index contributed by atoms with van der Waals surface area (Å²) in [5.74, 6) is 1.84. The molecule has 0 fully saturated rings. The summed E-state index contributed by atoms with van der Waals surface area (Å²) >= 11 is 1.68. The van der Waals surface area contributed by atoms with Gasteiger partial charge in [-0.3, -0.25) is 4.79 Å². The Morgan fingerprint density at radius 3 is 2.41 bits per heavy atom. The zero-order chi connectivity index (χ0) is 22.6. The zero-order valence-corrected chi connectivity index (χ0v) is 22.3. The third-order valence-corrected chi connectivity index (χ3v) is 6.16. The van der Waals surface area contributed by atoms with Gasteiger partial charge in [-0.25, -0.2) is 4.98 Å². The minimum absolute atomic E-state index is 0. The predicted octanol–water partition coefficient (Wildman–Crippen LogP) is 7.76. The monoisotopic (exact) mass is 631 g/mol. The second-order valence-electron chi connectivity index (χ2n) is 7.31. The van der Waals surface area contributed by atoms with E-state index >= 15 is 0 Å². The van der Waals surface area contributed by atoms with E-state index < -0.39 is 0 Å². The number of aromatic nitrogens is 1. The summed E-state index contributed by atoms with van der Waals surface area (Å²) < 4.78 is 6.76. The molecule has 0 aliphatic heterocycles. The number of hydrogen-bond donors (Lipinski definition) is 1. The summed E-state index contributed by atoms with van der Waals surface area (Å²) in [6.07, 6.45) is 6.74. The third kappa shape index (κ3) is 8.50. The molecule has 3 aromatic rings. The number of thiophene rings is 1. The Kier molecular flexibility index (Phi) is 13.1. The molecule has 0 aliphatic carbocycles. The number of para-hydroxylation sites is 1. The molecule has 4 nitrogen and oxygen atoms in total. The molecule has 2 heterocycles. The number of aliphatic hydroxyl groups is 1. The first-order valence-corrected chi connectivity index (χ1v) is 11.8. The first-order valence-electron chi connectivity index (χ1n) is 10.9. The van der Waals surface area contributed by atoms with Crippen LogP contribution in [0.15, 0.2) is 59.8 Å². The van der Waals surface area contributed by atoms with Gasteiger partial charge in [0.05, 0.1) is 10.5 Å². The molecule has 0 aliphatic rings. The van der Waals surface area contributed by atoms with Gasteiger partial charge in [-0.1, -0.05) is 27.7 Å². The summed E-state index contributed by atoms with van der Waals surface area (Å²) in [6, 6.07) is 14.5. The maximum atomic E-state index is 11.7. The molecule has 2 aromatic heterocycles. The van der Waals surface area contributed by atoms with Crippen LogP contribution in [-0.2, 0) is 24.9 Å². The molecule has 0 bridgehead atoms. The summed E-state index contributed by atoms with van der Waals surface area (Å²) in [4.78, 5) is 16.0. The Hall–Kier alpha value is -2.01. The number of ether oxygens (including phenoxy) is 1. The Labute approximate surface area is 209 Å². The van der Waals surface area contributed by atoms with Crippen LogP contribution < -0.4 is 4.74 Å². The number of hydrogen-bond acceptors (Lipinski definition) is 5. The fourth-order valence-corrected chi connectivity index (χ4v) is 3.97. The normalized spacial score (nSPS) is 11.1. The van der Waals surface area contributed by atoms with Crippen molar-refractivity contribution in [2.75, 3.05) is 0 Å². The minimum atomic E-state index is 0. The van der Waals surface area contributed by atoms with Crippen molar-refractivity contribution in [1.82, 2.24) is 4.98 Å². The van der Waals surface area contributed by atoms with Crippen molar-refractivity contribution in [3.63, 3.8) is 0 Å². The number of carbonyl (C=O) groups excluding carboxylic acids is 1. The molecule has 0 atom stereocenters. The van der Waals surface area contributed by atoms with Crippen molar-refractivity contribution in [3.05, 3.63) is 65.9 Å². The van der Waals surface area contributed by atoms with Gasteiger partial charge < -0.3 is 9.84 Å². The molecule has 0 amide bonds. The summed E-state index contributed by atoms with van der Waals surface area (Å²) in [7, 11) is 0. The van der Waals surface area contributed by atoms with Gasteiger partial charge in [-0.15, -0.1) is 23.5 Å². The number of carbonyl (C=O) groups is 1. The van der Waals surface area contributed by atoms with E-state index in [2.05, 4.69) is 17.1 Å². The maximum absolute atomic E-state index is 11.7. The summed E-state index contributed by atoms with van der Waals surface area (Å²) in [6.45, 7) is 8.07. The Balaban J connectivity index is 0.000000312. The smallest absolute Gasteiger partial charge is 0.217 e. The summed E-state index contributed by atoms with van der Waals surface area (Å²) in [5, 5.41) is 13.0. The second kappa shape index (κ2) is 14.9. The Morgan fingerprint density at radius 1 is 1.12 bits per heavy atom. The number of benzene rings is 1. The van der Waals surface area contributed by atoms with Crippen molar-refractivity contribution in [3.8, 4) is 11.6 Å². The Morgan fingerprint density at radius 2 is 1.81 bits per heavy atom. The van der Waals surface area contributed by atoms with Gasteiger partial charge >= 0.3 is 0 Å². The zero-order valence-electron chi connectivity index (χ0n) is 19.1. The minimum Gasteiger partial charge on any atom is -0.512 e. The van der Waals surface area contributed by atoms with Crippen LogP contribution in [0.2, 0.25) is 0 Å². The first-order chi connectivity index (χ1) is 15.0. The largest absolute Gasteiger partial charge is 0.512 e. The molecule has 1 N–H and O–H groups in total. The summed E-state index contributed by atoms with van der Waals surface area (Å²) in [5.41, 5.74) is 0. The van der Waals surface area contributed by atoms with E-state index in [1.807, 2.05) is 69.6 Å². The van der Waals surface area contributed by atoms with E-state index in [0.717, 1.165) is 31.1 Å². The van der Waals surface area contributed by atoms with E-state index in [-0.39, 0.29) is 43.5 Å². The molecule has 0 saturated heterocycles. The van der Waals surface area contributed by atoms with Crippen LogP contribution in [0, 0.1) is 17.9 Å². The van der Waals surface area contributed by atoms with Crippen LogP contribution in [0.25, 0.3) is 10.1 Å². The molecular weight excluding hydrogens is 599 g/mol. The molecule has 0 spiro atoms. The number of fused-ring (bicyclic) bond motifs is 1. The van der Waals surface area contributed by atoms with Gasteiger partial charge in [0.15, 0.2) is 5.78 Å². The van der Waals surface area contributed by atoms with Crippen molar-refractivity contribution in [2.45, 2.75) is 53.4 Å². The number of nitrogens with zero attached hydrogens (tertiary/aromatic N) is 1. The molecule has 0 unspecified atom stereocenters. The number of allylic oxidation sites excluding steroid dienone is 2. The van der Waals surface area contributed by atoms with E-state index in [1.54, 1.807) is 11.3 Å². The molecule has 175 valence electrons. The number of pyridine rings is 1. The fraction of sp³-hybridized carbons (Fsp3) is 0.385. The fourth-order valence-electron chi connectivity index (χ4n) is 3.24. The number of rotatable bonds is 9. The van der Waals surface area contributed by atoms with Gasteiger partial charge in [0, 0.05) is 56.0 Å². The van der Waals surface area contributed by atoms with Gasteiger partial charge in [0.25, 0.3) is 0 Å². The standard InChI is InChI=1S/C13H8NOS.C13H24O2.Ir/c1-2-4-11(5-3-1)15-13-8-10-6-7-16-12(10)9-14-13;1-5-10(6-2)12(14)9-13(15)11(7-3)8-4;/h1-4,6-9H;9-11,14H,5-8H2,1-4H3;/q-1;;/b;12-9-;. The van der Waals surface area contributed by atoms with E-state index in [4.69, 9.17) is 4.74 Å². The van der Waals surface area contributed by atoms with Crippen LogP contribution in [-0.4, -0.2) is 15.9 Å². The van der Waals surface area contributed by atoms with E-state index in [1.165, 1.54) is 10.8 Å².